The fourth-order valence-electron chi connectivity index (χ4n) is 2.73. The highest BCUT2D eigenvalue weighted by Gasteiger charge is 2.33. The summed E-state index contributed by atoms with van der Waals surface area (Å²) in [5.74, 6) is 0.207. The summed E-state index contributed by atoms with van der Waals surface area (Å²) in [5.41, 5.74) is 7.30. The van der Waals surface area contributed by atoms with Gasteiger partial charge in [-0.3, -0.25) is 4.79 Å². The second kappa shape index (κ2) is 7.94. The van der Waals surface area contributed by atoms with Crippen LogP contribution in [0.5, 0.6) is 0 Å². The van der Waals surface area contributed by atoms with Crippen molar-refractivity contribution in [2.75, 3.05) is 25.1 Å². The van der Waals surface area contributed by atoms with E-state index < -0.39 is 9.84 Å². The number of halogens is 1. The highest BCUT2D eigenvalue weighted by atomic mass is 35.5. The lowest BCUT2D eigenvalue weighted by Gasteiger charge is -2.16. The molecule has 7 heteroatoms. The molecule has 0 spiro atoms. The predicted octanol–water partition coefficient (Wildman–Crippen LogP) is 1.19. The van der Waals surface area contributed by atoms with E-state index in [1.807, 2.05) is 30.3 Å². The Hall–Kier alpha value is -1.11. The Balaban J connectivity index is 0.00000242. The van der Waals surface area contributed by atoms with Gasteiger partial charge in [0, 0.05) is 37.7 Å². The molecule has 0 radical (unpaired) electrons. The minimum Gasteiger partial charge on any atom is -0.340 e. The summed E-state index contributed by atoms with van der Waals surface area (Å²) in [4.78, 5) is 13.9. The molecular weight excluding hydrogens is 324 g/mol. The van der Waals surface area contributed by atoms with Crippen molar-refractivity contribution in [1.29, 1.82) is 0 Å². The SMILES string of the molecule is CS(=O)(=O)CCCC(=O)N1C[C@@H](N)[C@H](c2ccccc2)C1.Cl. The zero-order valence-electron chi connectivity index (χ0n) is 12.6. The van der Waals surface area contributed by atoms with Crippen molar-refractivity contribution in [3.63, 3.8) is 0 Å². The van der Waals surface area contributed by atoms with Gasteiger partial charge in [0.2, 0.25) is 5.91 Å². The maximum Gasteiger partial charge on any atom is 0.222 e. The molecule has 1 saturated heterocycles. The van der Waals surface area contributed by atoms with E-state index in [0.29, 0.717) is 19.5 Å². The first-order valence-electron chi connectivity index (χ1n) is 7.13. The normalized spacial score (nSPS) is 21.5. The van der Waals surface area contributed by atoms with Crippen LogP contribution in [0, 0.1) is 0 Å². The van der Waals surface area contributed by atoms with Gasteiger partial charge in [-0.05, 0) is 12.0 Å². The number of hydrogen-bond donors (Lipinski definition) is 1. The molecule has 1 aromatic carbocycles. The molecule has 0 aromatic heterocycles. The first kappa shape index (κ1) is 18.9. The Morgan fingerprint density at radius 2 is 1.91 bits per heavy atom. The molecule has 0 aliphatic carbocycles. The van der Waals surface area contributed by atoms with Crippen LogP contribution >= 0.6 is 12.4 Å². The Kier molecular flexibility index (Phi) is 6.84. The zero-order chi connectivity index (χ0) is 15.5. The number of rotatable bonds is 5. The van der Waals surface area contributed by atoms with Gasteiger partial charge in [0.25, 0.3) is 0 Å². The van der Waals surface area contributed by atoms with Crippen LogP contribution in [-0.2, 0) is 14.6 Å². The van der Waals surface area contributed by atoms with Crippen molar-refractivity contribution >= 4 is 28.2 Å². The van der Waals surface area contributed by atoms with Crippen molar-refractivity contribution in [3.05, 3.63) is 35.9 Å². The Bertz CT molecular complexity index is 592. The summed E-state index contributed by atoms with van der Waals surface area (Å²) in [5, 5.41) is 0. The first-order valence-corrected chi connectivity index (χ1v) is 9.19. The van der Waals surface area contributed by atoms with Crippen LogP contribution in [0.15, 0.2) is 30.3 Å². The van der Waals surface area contributed by atoms with Crippen molar-refractivity contribution in [1.82, 2.24) is 4.90 Å². The van der Waals surface area contributed by atoms with E-state index in [0.717, 1.165) is 5.56 Å². The van der Waals surface area contributed by atoms with Gasteiger partial charge in [-0.15, -0.1) is 12.4 Å². The quantitative estimate of drug-likeness (QED) is 0.868. The highest BCUT2D eigenvalue weighted by molar-refractivity contribution is 7.90. The first-order chi connectivity index (χ1) is 9.87. The second-order valence-electron chi connectivity index (χ2n) is 5.71. The third-order valence-electron chi connectivity index (χ3n) is 3.85. The number of sulfone groups is 1. The second-order valence-corrected chi connectivity index (χ2v) is 7.97. The minimum atomic E-state index is -3.00. The van der Waals surface area contributed by atoms with E-state index in [1.54, 1.807) is 4.90 Å². The lowest BCUT2D eigenvalue weighted by molar-refractivity contribution is -0.130. The van der Waals surface area contributed by atoms with Gasteiger partial charge < -0.3 is 10.6 Å². The molecular formula is C15H23ClN2O3S. The molecule has 5 nitrogen and oxygen atoms in total. The van der Waals surface area contributed by atoms with Crippen LogP contribution in [0.1, 0.15) is 24.3 Å². The predicted molar refractivity (Wildman–Crippen MR) is 89.9 cm³/mol. The van der Waals surface area contributed by atoms with Crippen LogP contribution in [-0.4, -0.2) is 50.4 Å². The topological polar surface area (TPSA) is 80.5 Å². The number of carbonyl (C=O) groups excluding carboxylic acids is 1. The third-order valence-corrected chi connectivity index (χ3v) is 4.88. The largest absolute Gasteiger partial charge is 0.340 e. The zero-order valence-corrected chi connectivity index (χ0v) is 14.3. The Morgan fingerprint density at radius 1 is 1.27 bits per heavy atom. The summed E-state index contributed by atoms with van der Waals surface area (Å²) in [6.07, 6.45) is 1.83. The van der Waals surface area contributed by atoms with Crippen LogP contribution in [0.2, 0.25) is 0 Å². The van der Waals surface area contributed by atoms with Crippen LogP contribution in [0.4, 0.5) is 0 Å². The number of amides is 1. The van der Waals surface area contributed by atoms with Crippen LogP contribution in [0.3, 0.4) is 0 Å². The van der Waals surface area contributed by atoms with E-state index in [1.165, 1.54) is 6.26 Å². The fourth-order valence-corrected chi connectivity index (χ4v) is 3.40. The standard InChI is InChI=1S/C15H22N2O3S.ClH/c1-21(19,20)9-5-8-15(18)17-10-13(14(16)11-17)12-6-3-2-4-7-12;/h2-4,6-7,13-14H,5,8-11,16H2,1H3;1H/t13-,14+;/m0./s1. The van der Waals surface area contributed by atoms with Crippen molar-refractivity contribution in [2.45, 2.75) is 24.8 Å². The van der Waals surface area contributed by atoms with E-state index in [4.69, 9.17) is 5.73 Å². The van der Waals surface area contributed by atoms with Gasteiger partial charge in [-0.25, -0.2) is 8.42 Å². The monoisotopic (exact) mass is 346 g/mol. The lowest BCUT2D eigenvalue weighted by atomic mass is 9.95. The molecule has 0 bridgehead atoms. The van der Waals surface area contributed by atoms with E-state index >= 15 is 0 Å². The highest BCUT2D eigenvalue weighted by Crippen LogP contribution is 2.26. The maximum absolute atomic E-state index is 12.1. The number of likely N-dealkylation sites (tertiary alicyclic amines) is 1. The molecule has 1 heterocycles. The molecule has 1 aliphatic heterocycles. The molecule has 1 aliphatic rings. The summed E-state index contributed by atoms with van der Waals surface area (Å²) in [6, 6.07) is 9.89. The number of nitrogens with zero attached hydrogens (tertiary/aromatic N) is 1. The summed E-state index contributed by atoms with van der Waals surface area (Å²) in [6.45, 7) is 1.15. The molecule has 2 rings (SSSR count). The van der Waals surface area contributed by atoms with E-state index in [-0.39, 0.29) is 42.4 Å². The molecule has 0 unspecified atom stereocenters. The fraction of sp³-hybridized carbons (Fsp3) is 0.533. The Labute approximate surface area is 138 Å². The summed E-state index contributed by atoms with van der Waals surface area (Å²) in [7, 11) is -3.00. The average Bonchev–Trinajstić information content (AvgIpc) is 2.80. The molecule has 1 amide bonds. The number of nitrogens with two attached hydrogens (primary N) is 1. The number of hydrogen-bond acceptors (Lipinski definition) is 4. The molecule has 22 heavy (non-hydrogen) atoms. The van der Waals surface area contributed by atoms with E-state index in [9.17, 15) is 13.2 Å². The van der Waals surface area contributed by atoms with Gasteiger partial charge in [-0.1, -0.05) is 30.3 Å². The molecule has 124 valence electrons. The maximum atomic E-state index is 12.1. The van der Waals surface area contributed by atoms with Gasteiger partial charge in [-0.2, -0.15) is 0 Å². The molecule has 0 saturated carbocycles. The van der Waals surface area contributed by atoms with Gasteiger partial charge in [0.05, 0.1) is 5.75 Å². The van der Waals surface area contributed by atoms with Crippen molar-refractivity contribution < 1.29 is 13.2 Å². The lowest BCUT2D eigenvalue weighted by Crippen LogP contribution is -2.32. The number of carbonyl (C=O) groups is 1. The minimum absolute atomic E-state index is 0. The summed E-state index contributed by atoms with van der Waals surface area (Å²) < 4.78 is 22.2. The molecule has 2 atom stereocenters. The third kappa shape index (κ3) is 5.26. The van der Waals surface area contributed by atoms with Gasteiger partial charge in [0.1, 0.15) is 9.84 Å². The van der Waals surface area contributed by atoms with Crippen LogP contribution < -0.4 is 5.73 Å². The summed E-state index contributed by atoms with van der Waals surface area (Å²) >= 11 is 0. The molecule has 1 fully saturated rings. The Morgan fingerprint density at radius 3 is 2.50 bits per heavy atom. The molecule has 1 aromatic rings. The average molecular weight is 347 g/mol. The van der Waals surface area contributed by atoms with Crippen molar-refractivity contribution in [2.24, 2.45) is 5.73 Å². The van der Waals surface area contributed by atoms with E-state index in [2.05, 4.69) is 0 Å². The van der Waals surface area contributed by atoms with Gasteiger partial charge in [0.15, 0.2) is 0 Å². The van der Waals surface area contributed by atoms with Gasteiger partial charge >= 0.3 is 0 Å². The molecule has 2 N–H and O–H groups in total. The number of benzene rings is 1. The van der Waals surface area contributed by atoms with Crippen LogP contribution in [0.25, 0.3) is 0 Å². The van der Waals surface area contributed by atoms with Crippen molar-refractivity contribution in [3.8, 4) is 0 Å². The smallest absolute Gasteiger partial charge is 0.222 e.